The second-order valence-corrected chi connectivity index (χ2v) is 4.06. The van der Waals surface area contributed by atoms with E-state index in [9.17, 15) is 9.59 Å². The molecule has 84 valence electrons. The van der Waals surface area contributed by atoms with Gasteiger partial charge in [0.05, 0.1) is 0 Å². The van der Waals surface area contributed by atoms with Gasteiger partial charge in [0.15, 0.2) is 0 Å². The van der Waals surface area contributed by atoms with Crippen LogP contribution in [0.2, 0.25) is 0 Å². The van der Waals surface area contributed by atoms with Crippen molar-refractivity contribution in [3.05, 3.63) is 0 Å². The van der Waals surface area contributed by atoms with Crippen LogP contribution in [-0.2, 0) is 4.79 Å². The van der Waals surface area contributed by atoms with Crippen molar-refractivity contribution in [1.29, 1.82) is 0 Å². The summed E-state index contributed by atoms with van der Waals surface area (Å²) in [6.07, 6.45) is 1.54. The van der Waals surface area contributed by atoms with Crippen molar-refractivity contribution in [2.75, 3.05) is 26.2 Å². The minimum absolute atomic E-state index is 0.00324. The van der Waals surface area contributed by atoms with Crippen LogP contribution in [0.25, 0.3) is 0 Å². The Labute approximate surface area is 89.4 Å². The van der Waals surface area contributed by atoms with Gasteiger partial charge in [0.25, 0.3) is 0 Å². The van der Waals surface area contributed by atoms with Crippen LogP contribution in [0.1, 0.15) is 19.8 Å². The van der Waals surface area contributed by atoms with Crippen LogP contribution < -0.4 is 5.32 Å². The molecule has 2 heterocycles. The maximum absolute atomic E-state index is 11.6. The molecule has 5 nitrogen and oxygen atoms in total. The molecule has 0 spiro atoms. The van der Waals surface area contributed by atoms with Crippen LogP contribution in [-0.4, -0.2) is 54.0 Å². The third kappa shape index (κ3) is 1.91. The summed E-state index contributed by atoms with van der Waals surface area (Å²) in [6.45, 7) is 4.61. The molecular weight excluding hydrogens is 194 g/mol. The van der Waals surface area contributed by atoms with Crippen LogP contribution in [0.3, 0.4) is 0 Å². The van der Waals surface area contributed by atoms with Gasteiger partial charge in [0, 0.05) is 38.6 Å². The predicted molar refractivity (Wildman–Crippen MR) is 55.4 cm³/mol. The highest BCUT2D eigenvalue weighted by molar-refractivity contribution is 5.80. The second kappa shape index (κ2) is 4.08. The Kier molecular flexibility index (Phi) is 2.79. The molecule has 0 aromatic carbocycles. The molecule has 0 radical (unpaired) electrons. The first kappa shape index (κ1) is 10.3. The van der Waals surface area contributed by atoms with E-state index in [1.165, 1.54) is 0 Å². The molecule has 0 aromatic rings. The first-order chi connectivity index (χ1) is 7.22. The normalized spacial score (nSPS) is 25.4. The summed E-state index contributed by atoms with van der Waals surface area (Å²) >= 11 is 0. The Morgan fingerprint density at radius 2 is 2.33 bits per heavy atom. The SMILES string of the molecule is CCNC(=O)N1CCN2C(=O)CCC2C1. The molecule has 2 aliphatic rings. The number of carbonyl (C=O) groups excluding carboxylic acids is 2. The van der Waals surface area contributed by atoms with Gasteiger partial charge in [0.2, 0.25) is 5.91 Å². The zero-order valence-electron chi connectivity index (χ0n) is 9.03. The molecule has 2 rings (SSSR count). The van der Waals surface area contributed by atoms with E-state index in [0.29, 0.717) is 32.6 Å². The number of nitrogens with one attached hydrogen (secondary N) is 1. The standard InChI is InChI=1S/C10H17N3O2/c1-2-11-10(15)12-5-6-13-8(7-12)3-4-9(13)14/h8H,2-7H2,1H3,(H,11,15). The molecule has 2 saturated heterocycles. The lowest BCUT2D eigenvalue weighted by Gasteiger charge is -2.37. The number of piperazine rings is 1. The zero-order valence-corrected chi connectivity index (χ0v) is 9.03. The quantitative estimate of drug-likeness (QED) is 0.665. The molecule has 1 unspecified atom stereocenters. The van der Waals surface area contributed by atoms with E-state index in [0.717, 1.165) is 6.42 Å². The Morgan fingerprint density at radius 1 is 1.53 bits per heavy atom. The summed E-state index contributed by atoms with van der Waals surface area (Å²) in [5.41, 5.74) is 0. The van der Waals surface area contributed by atoms with Gasteiger partial charge in [-0.15, -0.1) is 0 Å². The molecule has 0 aromatic heterocycles. The van der Waals surface area contributed by atoms with Crippen LogP contribution in [0, 0.1) is 0 Å². The second-order valence-electron chi connectivity index (χ2n) is 4.06. The molecule has 0 bridgehead atoms. The highest BCUT2D eigenvalue weighted by Crippen LogP contribution is 2.22. The number of carbonyl (C=O) groups is 2. The maximum Gasteiger partial charge on any atom is 0.317 e. The molecule has 0 saturated carbocycles. The van der Waals surface area contributed by atoms with Crippen molar-refractivity contribution in [3.63, 3.8) is 0 Å². The van der Waals surface area contributed by atoms with E-state index in [1.54, 1.807) is 0 Å². The van der Waals surface area contributed by atoms with Gasteiger partial charge in [-0.2, -0.15) is 0 Å². The summed E-state index contributed by atoms with van der Waals surface area (Å²) in [6, 6.07) is 0.255. The molecule has 1 atom stereocenters. The lowest BCUT2D eigenvalue weighted by Crippen LogP contribution is -2.55. The molecule has 0 aliphatic carbocycles. The maximum atomic E-state index is 11.6. The van der Waals surface area contributed by atoms with Gasteiger partial charge in [-0.1, -0.05) is 0 Å². The third-order valence-electron chi connectivity index (χ3n) is 3.11. The minimum Gasteiger partial charge on any atom is -0.338 e. The molecular formula is C10H17N3O2. The summed E-state index contributed by atoms with van der Waals surface area (Å²) in [7, 11) is 0. The third-order valence-corrected chi connectivity index (χ3v) is 3.11. The number of fused-ring (bicyclic) bond motifs is 1. The number of hydrogen-bond donors (Lipinski definition) is 1. The molecule has 15 heavy (non-hydrogen) atoms. The molecule has 3 amide bonds. The number of nitrogens with zero attached hydrogens (tertiary/aromatic N) is 2. The number of rotatable bonds is 1. The zero-order chi connectivity index (χ0) is 10.8. The largest absolute Gasteiger partial charge is 0.338 e. The van der Waals surface area contributed by atoms with Gasteiger partial charge in [-0.25, -0.2) is 4.79 Å². The van der Waals surface area contributed by atoms with Crippen molar-refractivity contribution in [2.45, 2.75) is 25.8 Å². The number of hydrogen-bond acceptors (Lipinski definition) is 2. The Bertz CT molecular complexity index is 280. The van der Waals surface area contributed by atoms with E-state index in [1.807, 2.05) is 16.7 Å². The lowest BCUT2D eigenvalue weighted by molar-refractivity contribution is -0.130. The van der Waals surface area contributed by atoms with Gasteiger partial charge in [-0.3, -0.25) is 4.79 Å². The Morgan fingerprint density at radius 3 is 3.07 bits per heavy atom. The summed E-state index contributed by atoms with van der Waals surface area (Å²) in [5, 5.41) is 2.79. The smallest absolute Gasteiger partial charge is 0.317 e. The molecule has 1 N–H and O–H groups in total. The summed E-state index contributed by atoms with van der Waals surface area (Å²) in [4.78, 5) is 26.7. The average molecular weight is 211 g/mol. The van der Waals surface area contributed by atoms with Crippen molar-refractivity contribution in [2.24, 2.45) is 0 Å². The predicted octanol–water partition coefficient (Wildman–Crippen LogP) is 0.0225. The van der Waals surface area contributed by atoms with Crippen molar-refractivity contribution in [3.8, 4) is 0 Å². The van der Waals surface area contributed by atoms with Gasteiger partial charge < -0.3 is 15.1 Å². The fourth-order valence-electron chi connectivity index (χ4n) is 2.31. The number of urea groups is 1. The first-order valence-electron chi connectivity index (χ1n) is 5.54. The van der Waals surface area contributed by atoms with Crippen molar-refractivity contribution < 1.29 is 9.59 Å². The van der Waals surface area contributed by atoms with Crippen LogP contribution in [0.4, 0.5) is 4.79 Å². The number of amides is 3. The molecule has 2 fully saturated rings. The highest BCUT2D eigenvalue weighted by Gasteiger charge is 2.36. The fraction of sp³-hybridized carbons (Fsp3) is 0.800. The van der Waals surface area contributed by atoms with Crippen molar-refractivity contribution >= 4 is 11.9 Å². The average Bonchev–Trinajstić information content (AvgIpc) is 2.60. The van der Waals surface area contributed by atoms with Crippen LogP contribution in [0.5, 0.6) is 0 Å². The van der Waals surface area contributed by atoms with Gasteiger partial charge >= 0.3 is 6.03 Å². The van der Waals surface area contributed by atoms with E-state index in [4.69, 9.17) is 0 Å². The topological polar surface area (TPSA) is 52.7 Å². The van der Waals surface area contributed by atoms with E-state index in [2.05, 4.69) is 5.32 Å². The van der Waals surface area contributed by atoms with Crippen LogP contribution >= 0.6 is 0 Å². The molecule has 2 aliphatic heterocycles. The fourth-order valence-corrected chi connectivity index (χ4v) is 2.31. The monoisotopic (exact) mass is 211 g/mol. The van der Waals surface area contributed by atoms with Gasteiger partial charge in [-0.05, 0) is 13.3 Å². The Balaban J connectivity index is 1.93. The summed E-state index contributed by atoms with van der Waals surface area (Å²) < 4.78 is 0. The van der Waals surface area contributed by atoms with Crippen molar-refractivity contribution in [1.82, 2.24) is 15.1 Å². The van der Waals surface area contributed by atoms with E-state index in [-0.39, 0.29) is 18.0 Å². The van der Waals surface area contributed by atoms with Gasteiger partial charge in [0.1, 0.15) is 0 Å². The van der Waals surface area contributed by atoms with E-state index >= 15 is 0 Å². The first-order valence-corrected chi connectivity index (χ1v) is 5.54. The van der Waals surface area contributed by atoms with E-state index < -0.39 is 0 Å². The highest BCUT2D eigenvalue weighted by atomic mass is 16.2. The lowest BCUT2D eigenvalue weighted by atomic mass is 10.2. The Hall–Kier alpha value is -1.26. The molecule has 5 heteroatoms. The van der Waals surface area contributed by atoms with Crippen LogP contribution in [0.15, 0.2) is 0 Å². The minimum atomic E-state index is -0.00324. The summed E-state index contributed by atoms with van der Waals surface area (Å²) in [5.74, 6) is 0.246.